The molecular weight excluding hydrogens is 252 g/mol. The van der Waals surface area contributed by atoms with Crippen LogP contribution >= 0.6 is 0 Å². The van der Waals surface area contributed by atoms with Crippen LogP contribution in [0.25, 0.3) is 5.65 Å². The predicted molar refractivity (Wildman–Crippen MR) is 77.7 cm³/mol. The second kappa shape index (κ2) is 4.89. The van der Waals surface area contributed by atoms with Gasteiger partial charge in [0.2, 0.25) is 0 Å². The number of imidazole rings is 1. The molecule has 0 spiro atoms. The van der Waals surface area contributed by atoms with Gasteiger partial charge in [-0.2, -0.15) is 0 Å². The van der Waals surface area contributed by atoms with Crippen molar-refractivity contribution in [2.45, 2.75) is 13.8 Å². The molecule has 1 aromatic carbocycles. The van der Waals surface area contributed by atoms with Gasteiger partial charge < -0.3 is 13.9 Å². The average Bonchev–Trinajstić information content (AvgIpc) is 2.89. The van der Waals surface area contributed by atoms with Crippen molar-refractivity contribution in [2.75, 3.05) is 7.11 Å². The number of pyridine rings is 1. The van der Waals surface area contributed by atoms with Crippen LogP contribution in [0.5, 0.6) is 17.2 Å². The van der Waals surface area contributed by atoms with Crippen LogP contribution in [0.3, 0.4) is 0 Å². The molecule has 0 radical (unpaired) electrons. The molecule has 0 aliphatic rings. The fourth-order valence-electron chi connectivity index (χ4n) is 2.23. The predicted octanol–water partition coefficient (Wildman–Crippen LogP) is 3.75. The maximum atomic E-state index is 5.95. The van der Waals surface area contributed by atoms with E-state index in [0.29, 0.717) is 0 Å². The van der Waals surface area contributed by atoms with Gasteiger partial charge in [0.15, 0.2) is 0 Å². The summed E-state index contributed by atoms with van der Waals surface area (Å²) < 4.78 is 13.2. The molecule has 0 N–H and O–H groups in total. The van der Waals surface area contributed by atoms with Gasteiger partial charge in [0, 0.05) is 30.7 Å². The minimum atomic E-state index is 0.762. The lowest BCUT2D eigenvalue weighted by Gasteiger charge is -2.12. The number of fused-ring (bicyclic) bond motifs is 1. The SMILES string of the molecule is COc1cc(Oc2ccn3ccnc3c2)c(C)cc1C. The van der Waals surface area contributed by atoms with Crippen LogP contribution in [0, 0.1) is 13.8 Å². The molecule has 0 amide bonds. The zero-order valence-corrected chi connectivity index (χ0v) is 11.8. The largest absolute Gasteiger partial charge is 0.496 e. The summed E-state index contributed by atoms with van der Waals surface area (Å²) in [6.07, 6.45) is 5.59. The molecule has 2 aromatic heterocycles. The van der Waals surface area contributed by atoms with E-state index in [1.165, 1.54) is 0 Å². The van der Waals surface area contributed by atoms with Gasteiger partial charge in [-0.25, -0.2) is 4.98 Å². The molecule has 20 heavy (non-hydrogen) atoms. The molecule has 0 bridgehead atoms. The lowest BCUT2D eigenvalue weighted by atomic mass is 10.1. The maximum Gasteiger partial charge on any atom is 0.140 e. The van der Waals surface area contributed by atoms with Gasteiger partial charge in [0.1, 0.15) is 22.9 Å². The molecule has 0 atom stereocenters. The Morgan fingerprint density at radius 3 is 2.60 bits per heavy atom. The number of rotatable bonds is 3. The Morgan fingerprint density at radius 2 is 1.80 bits per heavy atom. The zero-order chi connectivity index (χ0) is 14.1. The van der Waals surface area contributed by atoms with E-state index in [-0.39, 0.29) is 0 Å². The Hall–Kier alpha value is -2.49. The van der Waals surface area contributed by atoms with Crippen molar-refractivity contribution in [3.63, 3.8) is 0 Å². The smallest absolute Gasteiger partial charge is 0.140 e. The highest BCUT2D eigenvalue weighted by molar-refractivity contribution is 5.49. The number of hydrogen-bond donors (Lipinski definition) is 0. The number of ether oxygens (including phenoxy) is 2. The summed E-state index contributed by atoms with van der Waals surface area (Å²) in [5, 5.41) is 0. The minimum Gasteiger partial charge on any atom is -0.496 e. The normalized spacial score (nSPS) is 10.8. The van der Waals surface area contributed by atoms with Crippen molar-refractivity contribution in [1.82, 2.24) is 9.38 Å². The highest BCUT2D eigenvalue weighted by Gasteiger charge is 2.08. The molecule has 2 heterocycles. The topological polar surface area (TPSA) is 35.8 Å². The van der Waals surface area contributed by atoms with Gasteiger partial charge in [0.05, 0.1) is 7.11 Å². The summed E-state index contributed by atoms with van der Waals surface area (Å²) in [5.74, 6) is 2.38. The second-order valence-electron chi connectivity index (χ2n) is 4.74. The van der Waals surface area contributed by atoms with Crippen LogP contribution in [-0.2, 0) is 0 Å². The number of aromatic nitrogens is 2. The lowest BCUT2D eigenvalue weighted by molar-refractivity contribution is 0.405. The van der Waals surface area contributed by atoms with E-state index in [1.54, 1.807) is 13.3 Å². The highest BCUT2D eigenvalue weighted by atomic mass is 16.5. The average molecular weight is 268 g/mol. The van der Waals surface area contributed by atoms with Crippen LogP contribution in [-0.4, -0.2) is 16.5 Å². The van der Waals surface area contributed by atoms with Gasteiger partial charge in [-0.15, -0.1) is 0 Å². The molecule has 0 saturated carbocycles. The third-order valence-electron chi connectivity index (χ3n) is 3.29. The van der Waals surface area contributed by atoms with E-state index >= 15 is 0 Å². The van der Waals surface area contributed by atoms with Crippen molar-refractivity contribution in [3.05, 3.63) is 54.0 Å². The Morgan fingerprint density at radius 1 is 1.00 bits per heavy atom. The first-order valence-electron chi connectivity index (χ1n) is 6.43. The Kier molecular flexibility index (Phi) is 3.06. The molecule has 4 nitrogen and oxygen atoms in total. The number of hydrogen-bond acceptors (Lipinski definition) is 3. The first-order valence-corrected chi connectivity index (χ1v) is 6.43. The Bertz CT molecular complexity index is 762. The highest BCUT2D eigenvalue weighted by Crippen LogP contribution is 2.31. The van der Waals surface area contributed by atoms with Crippen molar-refractivity contribution in [1.29, 1.82) is 0 Å². The quantitative estimate of drug-likeness (QED) is 0.725. The van der Waals surface area contributed by atoms with Crippen molar-refractivity contribution < 1.29 is 9.47 Å². The number of benzene rings is 1. The number of aryl methyl sites for hydroxylation is 2. The Labute approximate surface area is 117 Å². The van der Waals surface area contributed by atoms with Crippen molar-refractivity contribution in [2.24, 2.45) is 0 Å². The first-order chi connectivity index (χ1) is 9.67. The summed E-state index contributed by atoms with van der Waals surface area (Å²) in [6.45, 7) is 4.04. The van der Waals surface area contributed by atoms with Gasteiger partial charge in [-0.1, -0.05) is 0 Å². The summed E-state index contributed by atoms with van der Waals surface area (Å²) in [6, 6.07) is 7.80. The number of nitrogens with zero attached hydrogens (tertiary/aromatic N) is 2. The molecule has 0 aliphatic heterocycles. The van der Waals surface area contributed by atoms with E-state index in [4.69, 9.17) is 9.47 Å². The summed E-state index contributed by atoms with van der Waals surface area (Å²) >= 11 is 0. The monoisotopic (exact) mass is 268 g/mol. The zero-order valence-electron chi connectivity index (χ0n) is 11.8. The summed E-state index contributed by atoms with van der Waals surface area (Å²) in [4.78, 5) is 4.25. The standard InChI is InChI=1S/C16H16N2O2/c1-11-8-12(2)15(10-14(11)19-3)20-13-4-6-18-7-5-17-16(18)9-13/h4-10H,1-3H3. The van der Waals surface area contributed by atoms with Gasteiger partial charge in [-0.3, -0.25) is 0 Å². The molecule has 0 unspecified atom stereocenters. The van der Waals surface area contributed by atoms with Gasteiger partial charge >= 0.3 is 0 Å². The molecule has 0 aliphatic carbocycles. The molecule has 3 rings (SSSR count). The van der Waals surface area contributed by atoms with E-state index in [0.717, 1.165) is 34.0 Å². The van der Waals surface area contributed by atoms with E-state index in [2.05, 4.69) is 11.1 Å². The molecule has 0 saturated heterocycles. The van der Waals surface area contributed by atoms with Crippen molar-refractivity contribution >= 4 is 5.65 Å². The van der Waals surface area contributed by atoms with Crippen LogP contribution < -0.4 is 9.47 Å². The third-order valence-corrected chi connectivity index (χ3v) is 3.29. The molecule has 4 heteroatoms. The summed E-state index contributed by atoms with van der Waals surface area (Å²) in [5.41, 5.74) is 3.03. The Balaban J connectivity index is 1.97. The fourth-order valence-corrected chi connectivity index (χ4v) is 2.23. The van der Waals surface area contributed by atoms with E-state index in [9.17, 15) is 0 Å². The molecular formula is C16H16N2O2. The minimum absolute atomic E-state index is 0.762. The second-order valence-corrected chi connectivity index (χ2v) is 4.74. The van der Waals surface area contributed by atoms with E-state index in [1.807, 2.05) is 48.8 Å². The molecule has 0 fully saturated rings. The first kappa shape index (κ1) is 12.5. The van der Waals surface area contributed by atoms with Crippen LogP contribution in [0.4, 0.5) is 0 Å². The number of methoxy groups -OCH3 is 1. The van der Waals surface area contributed by atoms with Gasteiger partial charge in [-0.05, 0) is 37.1 Å². The molecule has 3 aromatic rings. The van der Waals surface area contributed by atoms with Crippen molar-refractivity contribution in [3.8, 4) is 17.2 Å². The fraction of sp³-hybridized carbons (Fsp3) is 0.188. The maximum absolute atomic E-state index is 5.95. The van der Waals surface area contributed by atoms with Crippen LogP contribution in [0.1, 0.15) is 11.1 Å². The van der Waals surface area contributed by atoms with E-state index < -0.39 is 0 Å². The summed E-state index contributed by atoms with van der Waals surface area (Å²) in [7, 11) is 1.66. The van der Waals surface area contributed by atoms with Gasteiger partial charge in [0.25, 0.3) is 0 Å². The third kappa shape index (κ3) is 2.20. The lowest BCUT2D eigenvalue weighted by Crippen LogP contribution is -1.93. The van der Waals surface area contributed by atoms with Crippen LogP contribution in [0.2, 0.25) is 0 Å². The van der Waals surface area contributed by atoms with Crippen LogP contribution in [0.15, 0.2) is 42.9 Å². The molecule has 102 valence electrons.